The highest BCUT2D eigenvalue weighted by Crippen LogP contribution is 2.31. The van der Waals surface area contributed by atoms with Gasteiger partial charge in [-0.25, -0.2) is 0 Å². The largest absolute Gasteiger partial charge is 0.481 e. The van der Waals surface area contributed by atoms with E-state index in [0.717, 1.165) is 58.0 Å². The molecule has 1 heterocycles. The van der Waals surface area contributed by atoms with Crippen LogP contribution in [0.25, 0.3) is 0 Å². The first-order valence-corrected chi connectivity index (χ1v) is 7.81. The molecule has 3 N–H and O–H groups in total. The van der Waals surface area contributed by atoms with Gasteiger partial charge in [0.05, 0.1) is 5.41 Å². The smallest absolute Gasteiger partial charge is 0.303 e. The Morgan fingerprint density at radius 2 is 2.00 bits per heavy atom. The number of carboxylic acids is 1. The number of rotatable bonds is 10. The summed E-state index contributed by atoms with van der Waals surface area (Å²) in [5.41, 5.74) is -0.196. The Bertz CT molecular complexity index is 312. The molecule has 5 heteroatoms. The molecule has 1 saturated heterocycles. The molecule has 1 fully saturated rings. The van der Waals surface area contributed by atoms with Crippen LogP contribution >= 0.6 is 0 Å². The highest BCUT2D eigenvalue weighted by atomic mass is 16.4. The van der Waals surface area contributed by atoms with Crippen LogP contribution in [0.3, 0.4) is 0 Å². The van der Waals surface area contributed by atoms with Crippen LogP contribution in [0.4, 0.5) is 0 Å². The Morgan fingerprint density at radius 3 is 2.60 bits per heavy atom. The molecule has 0 saturated carbocycles. The maximum atomic E-state index is 12.3. The molecule has 1 unspecified atom stereocenters. The first kappa shape index (κ1) is 17.0. The SMILES string of the molecule is CCCC1(C(=O)NCCCCCCC(=O)O)CCNC1. The van der Waals surface area contributed by atoms with Gasteiger partial charge < -0.3 is 15.7 Å². The summed E-state index contributed by atoms with van der Waals surface area (Å²) in [6.07, 6.45) is 6.72. The number of carboxylic acid groups (broad SMARTS) is 1. The van der Waals surface area contributed by atoms with Crippen LogP contribution in [0.2, 0.25) is 0 Å². The monoisotopic (exact) mass is 284 g/mol. The molecule has 1 amide bonds. The van der Waals surface area contributed by atoms with Gasteiger partial charge in [-0.1, -0.05) is 26.2 Å². The summed E-state index contributed by atoms with van der Waals surface area (Å²) >= 11 is 0. The first-order valence-electron chi connectivity index (χ1n) is 7.81. The molecule has 0 spiro atoms. The standard InChI is InChI=1S/C15H28N2O3/c1-2-8-15(9-11-16-12-15)14(20)17-10-6-4-3-5-7-13(18)19/h16H,2-12H2,1H3,(H,17,20)(H,18,19). The normalized spacial score (nSPS) is 21.9. The quantitative estimate of drug-likeness (QED) is 0.536. The van der Waals surface area contributed by atoms with Gasteiger partial charge in [-0.3, -0.25) is 9.59 Å². The second-order valence-electron chi connectivity index (χ2n) is 5.77. The Kier molecular flexibility index (Phi) is 7.59. The zero-order chi connectivity index (χ0) is 14.8. The fourth-order valence-electron chi connectivity index (χ4n) is 2.89. The molecule has 0 aromatic rings. The summed E-state index contributed by atoms with van der Waals surface area (Å²) in [7, 11) is 0. The van der Waals surface area contributed by atoms with Gasteiger partial charge >= 0.3 is 5.97 Å². The minimum Gasteiger partial charge on any atom is -0.481 e. The lowest BCUT2D eigenvalue weighted by Gasteiger charge is -2.26. The molecular formula is C15H28N2O3. The zero-order valence-corrected chi connectivity index (χ0v) is 12.5. The number of carbonyl (C=O) groups excluding carboxylic acids is 1. The average Bonchev–Trinajstić information content (AvgIpc) is 2.87. The third-order valence-electron chi connectivity index (χ3n) is 4.06. The van der Waals surface area contributed by atoms with Crippen molar-refractivity contribution in [1.29, 1.82) is 0 Å². The van der Waals surface area contributed by atoms with Crippen molar-refractivity contribution >= 4 is 11.9 Å². The summed E-state index contributed by atoms with van der Waals surface area (Å²) in [5.74, 6) is -0.538. The van der Waals surface area contributed by atoms with Gasteiger partial charge in [0.15, 0.2) is 0 Å². The lowest BCUT2D eigenvalue weighted by Crippen LogP contribution is -2.42. The van der Waals surface area contributed by atoms with E-state index >= 15 is 0 Å². The van der Waals surface area contributed by atoms with Gasteiger partial charge in [0.1, 0.15) is 0 Å². The fourth-order valence-corrected chi connectivity index (χ4v) is 2.89. The van der Waals surface area contributed by atoms with Crippen molar-refractivity contribution in [2.24, 2.45) is 5.41 Å². The number of aliphatic carboxylic acids is 1. The van der Waals surface area contributed by atoms with E-state index in [1.54, 1.807) is 0 Å². The van der Waals surface area contributed by atoms with Gasteiger partial charge in [0.25, 0.3) is 0 Å². The molecule has 0 radical (unpaired) electrons. The van der Waals surface area contributed by atoms with Crippen molar-refractivity contribution in [1.82, 2.24) is 10.6 Å². The Labute approximate surface area is 121 Å². The lowest BCUT2D eigenvalue weighted by atomic mass is 9.81. The molecule has 0 bridgehead atoms. The van der Waals surface area contributed by atoms with E-state index in [2.05, 4.69) is 17.6 Å². The molecular weight excluding hydrogens is 256 g/mol. The molecule has 1 atom stereocenters. The van der Waals surface area contributed by atoms with Crippen molar-refractivity contribution in [2.75, 3.05) is 19.6 Å². The summed E-state index contributed by atoms with van der Waals surface area (Å²) in [4.78, 5) is 22.7. The van der Waals surface area contributed by atoms with Crippen molar-refractivity contribution in [2.45, 2.75) is 58.3 Å². The van der Waals surface area contributed by atoms with E-state index in [9.17, 15) is 9.59 Å². The molecule has 1 rings (SSSR count). The summed E-state index contributed by atoms with van der Waals surface area (Å²) in [5, 5.41) is 14.9. The first-order chi connectivity index (χ1) is 9.60. The number of carbonyl (C=O) groups is 2. The van der Waals surface area contributed by atoms with Crippen LogP contribution in [0.5, 0.6) is 0 Å². The van der Waals surface area contributed by atoms with E-state index < -0.39 is 5.97 Å². The van der Waals surface area contributed by atoms with Gasteiger partial charge in [0.2, 0.25) is 5.91 Å². The van der Waals surface area contributed by atoms with Crippen molar-refractivity contribution < 1.29 is 14.7 Å². The topological polar surface area (TPSA) is 78.4 Å². The van der Waals surface area contributed by atoms with Crippen LogP contribution < -0.4 is 10.6 Å². The highest BCUT2D eigenvalue weighted by Gasteiger charge is 2.39. The van der Waals surface area contributed by atoms with Crippen molar-refractivity contribution in [3.05, 3.63) is 0 Å². The average molecular weight is 284 g/mol. The second-order valence-corrected chi connectivity index (χ2v) is 5.77. The van der Waals surface area contributed by atoms with Crippen LogP contribution in [0.15, 0.2) is 0 Å². The third-order valence-corrected chi connectivity index (χ3v) is 4.06. The maximum Gasteiger partial charge on any atom is 0.303 e. The molecule has 0 aliphatic carbocycles. The number of hydrogen-bond acceptors (Lipinski definition) is 3. The molecule has 116 valence electrons. The van der Waals surface area contributed by atoms with E-state index in [1.165, 1.54) is 0 Å². The maximum absolute atomic E-state index is 12.3. The number of nitrogens with one attached hydrogen (secondary N) is 2. The van der Waals surface area contributed by atoms with Gasteiger partial charge in [-0.05, 0) is 32.2 Å². The molecule has 20 heavy (non-hydrogen) atoms. The third kappa shape index (κ3) is 5.49. The summed E-state index contributed by atoms with van der Waals surface area (Å²) in [6, 6.07) is 0. The van der Waals surface area contributed by atoms with Gasteiger partial charge in [-0.15, -0.1) is 0 Å². The van der Waals surface area contributed by atoms with Gasteiger partial charge in [0, 0.05) is 19.5 Å². The van der Waals surface area contributed by atoms with E-state index in [1.807, 2.05) is 0 Å². The summed E-state index contributed by atoms with van der Waals surface area (Å²) in [6.45, 7) is 4.56. The summed E-state index contributed by atoms with van der Waals surface area (Å²) < 4.78 is 0. The van der Waals surface area contributed by atoms with Crippen LogP contribution in [0, 0.1) is 5.41 Å². The predicted octanol–water partition coefficient (Wildman–Crippen LogP) is 1.92. The van der Waals surface area contributed by atoms with Crippen molar-refractivity contribution in [3.8, 4) is 0 Å². The molecule has 5 nitrogen and oxygen atoms in total. The van der Waals surface area contributed by atoms with Crippen LogP contribution in [0.1, 0.15) is 58.3 Å². The Hall–Kier alpha value is -1.10. The minimum absolute atomic E-state index is 0.190. The Balaban J connectivity index is 2.14. The van der Waals surface area contributed by atoms with E-state index in [4.69, 9.17) is 5.11 Å². The minimum atomic E-state index is -0.728. The number of amides is 1. The highest BCUT2D eigenvalue weighted by molar-refractivity contribution is 5.83. The van der Waals surface area contributed by atoms with E-state index in [0.29, 0.717) is 6.54 Å². The molecule has 0 aromatic carbocycles. The molecule has 1 aliphatic heterocycles. The lowest BCUT2D eigenvalue weighted by molar-refractivity contribution is -0.137. The van der Waals surface area contributed by atoms with Crippen molar-refractivity contribution in [3.63, 3.8) is 0 Å². The molecule has 0 aromatic heterocycles. The van der Waals surface area contributed by atoms with Crippen LogP contribution in [-0.4, -0.2) is 36.6 Å². The number of hydrogen-bond donors (Lipinski definition) is 3. The molecule has 1 aliphatic rings. The van der Waals surface area contributed by atoms with Crippen LogP contribution in [-0.2, 0) is 9.59 Å². The second kappa shape index (κ2) is 8.95. The predicted molar refractivity (Wildman–Crippen MR) is 78.6 cm³/mol. The number of unbranched alkanes of at least 4 members (excludes halogenated alkanes) is 3. The van der Waals surface area contributed by atoms with Gasteiger partial charge in [-0.2, -0.15) is 0 Å². The van der Waals surface area contributed by atoms with E-state index in [-0.39, 0.29) is 17.7 Å². The Morgan fingerprint density at radius 1 is 1.25 bits per heavy atom. The zero-order valence-electron chi connectivity index (χ0n) is 12.5. The fraction of sp³-hybridized carbons (Fsp3) is 0.867.